The van der Waals surface area contributed by atoms with Gasteiger partial charge >= 0.3 is 5.97 Å². The number of hydrogen-bond acceptors (Lipinski definition) is 3. The molecule has 68 valence electrons. The Morgan fingerprint density at radius 1 is 1.46 bits per heavy atom. The average Bonchev–Trinajstić information content (AvgIpc) is 2.13. The molecule has 0 aliphatic heterocycles. The second-order valence-electron chi connectivity index (χ2n) is 2.14. The highest BCUT2D eigenvalue weighted by atomic mass is 16.4. The van der Waals surface area contributed by atoms with E-state index in [0.717, 1.165) is 12.1 Å². The molecule has 0 saturated carbocycles. The summed E-state index contributed by atoms with van der Waals surface area (Å²) in [5.41, 5.74) is -0.678. The maximum atomic E-state index is 11.2. The van der Waals surface area contributed by atoms with E-state index in [9.17, 15) is 9.59 Å². The van der Waals surface area contributed by atoms with E-state index in [1.807, 2.05) is 0 Å². The van der Waals surface area contributed by atoms with Gasteiger partial charge < -0.3 is 10.2 Å². The van der Waals surface area contributed by atoms with Crippen LogP contribution in [-0.4, -0.2) is 22.0 Å². The Kier molecular flexibility index (Phi) is 1.43. The lowest BCUT2D eigenvalue weighted by Gasteiger charge is -1.97. The molecular formula is C9H8O4. The summed E-state index contributed by atoms with van der Waals surface area (Å²) in [5, 5.41) is 17.5. The van der Waals surface area contributed by atoms with Gasteiger partial charge in [0, 0.05) is 9.11 Å². The van der Waals surface area contributed by atoms with E-state index < -0.39 is 41.5 Å². The number of ketones is 1. The van der Waals surface area contributed by atoms with Gasteiger partial charge in [-0.2, -0.15) is 0 Å². The van der Waals surface area contributed by atoms with Crippen molar-refractivity contribution in [1.82, 2.24) is 0 Å². The molecule has 2 N–H and O–H groups in total. The van der Waals surface area contributed by atoms with Crippen LogP contribution in [-0.2, 0) is 16.0 Å². The molecule has 0 bridgehead atoms. The first kappa shape index (κ1) is 5.01. The quantitative estimate of drug-likeness (QED) is 0.677. The summed E-state index contributed by atoms with van der Waals surface area (Å²) >= 11 is 0. The number of benzene rings is 1. The van der Waals surface area contributed by atoms with Crippen molar-refractivity contribution in [3.05, 3.63) is 29.8 Å². The number of carbonyl (C=O) groups is 2. The number of carboxylic acids is 1. The normalized spacial score (nSPS) is 15.1. The van der Waals surface area contributed by atoms with Gasteiger partial charge in [-0.05, 0) is 17.7 Å². The van der Waals surface area contributed by atoms with Crippen LogP contribution in [0.2, 0.25) is 0 Å². The maximum absolute atomic E-state index is 11.2. The lowest BCUT2D eigenvalue weighted by molar-refractivity contribution is -0.148. The molecule has 1 aromatic rings. The summed E-state index contributed by atoms with van der Waals surface area (Å²) in [7, 11) is 0. The number of hydrogen-bond donors (Lipinski definition) is 2. The largest absolute Gasteiger partial charge is 0.508 e. The van der Waals surface area contributed by atoms with Gasteiger partial charge in [0.1, 0.15) is 5.75 Å². The van der Waals surface area contributed by atoms with Gasteiger partial charge in [-0.3, -0.25) is 4.79 Å². The summed E-state index contributed by atoms with van der Waals surface area (Å²) in [4.78, 5) is 21.6. The van der Waals surface area contributed by atoms with E-state index in [2.05, 4.69) is 0 Å². The van der Waals surface area contributed by atoms with E-state index >= 15 is 0 Å². The van der Waals surface area contributed by atoms with Crippen molar-refractivity contribution in [1.29, 1.82) is 0 Å². The second-order valence-corrected chi connectivity index (χ2v) is 2.14. The minimum atomic E-state index is -2.98. The molecule has 0 heterocycles. The molecule has 0 aromatic heterocycles. The summed E-state index contributed by atoms with van der Waals surface area (Å²) in [6.07, 6.45) is -2.98. The number of Topliss-reactive ketones (excluding diaryl/α,β-unsaturated/α-hetero) is 1. The van der Waals surface area contributed by atoms with E-state index in [1.165, 1.54) is 0 Å². The fourth-order valence-corrected chi connectivity index (χ4v) is 0.615. The summed E-state index contributed by atoms with van der Waals surface area (Å²) < 4.78 is 29.5. The van der Waals surface area contributed by atoms with Crippen LogP contribution in [0, 0.1) is 0 Å². The number of carbonyl (C=O) groups excluding carboxylic acids is 1. The zero-order valence-electron chi connectivity index (χ0n) is 10.4. The van der Waals surface area contributed by atoms with Crippen molar-refractivity contribution in [3.63, 3.8) is 0 Å². The van der Waals surface area contributed by atoms with Gasteiger partial charge in [0.05, 0.1) is 2.74 Å². The van der Waals surface area contributed by atoms with Crippen LogP contribution in [0.1, 0.15) is 11.0 Å². The molecule has 0 spiro atoms. The Bertz CT molecular complexity index is 475. The first-order valence-electron chi connectivity index (χ1n) is 5.26. The molecule has 0 radical (unpaired) electrons. The van der Waals surface area contributed by atoms with Crippen LogP contribution >= 0.6 is 0 Å². The number of phenolic OH excluding ortho intramolecular Hbond substituents is 1. The van der Waals surface area contributed by atoms with E-state index in [-0.39, 0.29) is 0 Å². The van der Waals surface area contributed by atoms with Crippen molar-refractivity contribution in [2.24, 2.45) is 0 Å². The molecule has 13 heavy (non-hydrogen) atoms. The Hall–Kier alpha value is -1.84. The highest BCUT2D eigenvalue weighted by Gasteiger charge is 2.11. The zero-order chi connectivity index (χ0) is 13.4. The van der Waals surface area contributed by atoms with Crippen molar-refractivity contribution in [3.8, 4) is 5.75 Å². The van der Waals surface area contributed by atoms with Crippen LogP contribution in [0.15, 0.2) is 24.2 Å². The monoisotopic (exact) mass is 186 g/mol. The van der Waals surface area contributed by atoms with Gasteiger partial charge in [-0.15, -0.1) is 0 Å². The highest BCUT2D eigenvalue weighted by Crippen LogP contribution is 2.10. The van der Waals surface area contributed by atoms with Crippen LogP contribution in [0.5, 0.6) is 5.75 Å². The SMILES string of the molecule is [2H]c1[13cH]c(O)[13cH]c([2H])c1C([2H])([2H])C(=O)C(=O)O. The second kappa shape index (κ2) is 3.71. The predicted octanol–water partition coefficient (Wildman–Crippen LogP) is 0.588. The Morgan fingerprint density at radius 3 is 2.46 bits per heavy atom. The number of phenols is 1. The molecule has 0 unspecified atom stereocenters. The van der Waals surface area contributed by atoms with E-state index in [0.29, 0.717) is 0 Å². The summed E-state index contributed by atoms with van der Waals surface area (Å²) in [6.45, 7) is 0. The highest BCUT2D eigenvalue weighted by molar-refractivity contribution is 6.33. The minimum absolute atomic E-state index is 0.428. The first-order chi connectivity index (χ1) is 7.67. The molecule has 0 saturated heterocycles. The molecule has 4 nitrogen and oxygen atoms in total. The number of carboxylic acid groups (broad SMARTS) is 1. The first-order valence-corrected chi connectivity index (χ1v) is 3.26. The van der Waals surface area contributed by atoms with Gasteiger partial charge in [-0.25, -0.2) is 4.79 Å². The molecule has 0 amide bonds. The average molecular weight is 186 g/mol. The molecule has 0 aliphatic carbocycles. The van der Waals surface area contributed by atoms with Crippen LogP contribution in [0.25, 0.3) is 0 Å². The zero-order valence-corrected chi connectivity index (χ0v) is 6.37. The van der Waals surface area contributed by atoms with Crippen molar-refractivity contribution >= 4 is 11.8 Å². The van der Waals surface area contributed by atoms with Crippen molar-refractivity contribution in [2.45, 2.75) is 6.37 Å². The smallest absolute Gasteiger partial charge is 0.372 e. The molecule has 1 aromatic carbocycles. The van der Waals surface area contributed by atoms with Crippen LogP contribution in [0.3, 0.4) is 0 Å². The fraction of sp³-hybridized carbons (Fsp3) is 0.111. The van der Waals surface area contributed by atoms with E-state index in [1.54, 1.807) is 0 Å². The standard InChI is InChI=1S/C9H8O4/c10-7-3-1-6(2-4-7)5-8(11)9(12)13/h1-4,10H,5H2,(H,12,13)/i1D,2D,3+1,4+1,5D2. The maximum Gasteiger partial charge on any atom is 0.372 e. The van der Waals surface area contributed by atoms with Gasteiger partial charge in [-0.1, -0.05) is 12.1 Å². The summed E-state index contributed by atoms with van der Waals surface area (Å²) in [5.74, 6) is -4.17. The Labute approximate surface area is 80.1 Å². The lowest BCUT2D eigenvalue weighted by atomic mass is 10.1. The fourth-order valence-electron chi connectivity index (χ4n) is 0.615. The number of aliphatic carboxylic acids is 1. The van der Waals surface area contributed by atoms with Crippen LogP contribution in [0.4, 0.5) is 0 Å². The van der Waals surface area contributed by atoms with Crippen LogP contribution < -0.4 is 0 Å². The molecular weight excluding hydrogens is 174 g/mol. The van der Waals surface area contributed by atoms with Gasteiger partial charge in [0.25, 0.3) is 0 Å². The number of rotatable bonds is 3. The molecule has 1 rings (SSSR count). The Morgan fingerprint density at radius 2 is 2.00 bits per heavy atom. The molecule has 0 atom stereocenters. The van der Waals surface area contributed by atoms with Crippen molar-refractivity contribution in [2.75, 3.05) is 0 Å². The van der Waals surface area contributed by atoms with Gasteiger partial charge in [0.15, 0.2) is 0 Å². The number of aromatic hydroxyl groups is 1. The van der Waals surface area contributed by atoms with E-state index in [4.69, 9.17) is 15.7 Å². The molecule has 4 heteroatoms. The minimum Gasteiger partial charge on any atom is -0.508 e. The topological polar surface area (TPSA) is 74.6 Å². The van der Waals surface area contributed by atoms with Crippen molar-refractivity contribution < 1.29 is 25.3 Å². The third-order valence-electron chi connectivity index (χ3n) is 1.16. The molecule has 0 aliphatic rings. The third kappa shape index (κ3) is 2.59. The lowest BCUT2D eigenvalue weighted by Crippen LogP contribution is -2.14. The predicted molar refractivity (Wildman–Crippen MR) is 44.5 cm³/mol. The van der Waals surface area contributed by atoms with Gasteiger partial charge in [0.2, 0.25) is 5.78 Å². The molecule has 0 fully saturated rings. The third-order valence-corrected chi connectivity index (χ3v) is 1.16. The summed E-state index contributed by atoms with van der Waals surface area (Å²) in [6, 6.07) is 0.463. The Balaban J connectivity index is 3.43.